The number of halogens is 1. The molecule has 1 rings (SSSR count). The number of unbranched alkanes of at least 4 members (excludes halogenated alkanes) is 22. The van der Waals surface area contributed by atoms with Gasteiger partial charge in [-0.05, 0) is 40.9 Å². The lowest BCUT2D eigenvalue weighted by molar-refractivity contribution is 0.534. The third kappa shape index (κ3) is 19.6. The lowest BCUT2D eigenvalue weighted by Gasteiger charge is -2.26. The van der Waals surface area contributed by atoms with E-state index in [2.05, 4.69) is 58.9 Å². The van der Waals surface area contributed by atoms with Crippen molar-refractivity contribution in [1.29, 1.82) is 0 Å². The zero-order valence-corrected chi connectivity index (χ0v) is 26.1. The zero-order valence-electron chi connectivity index (χ0n) is 24.5. The molecule has 0 N–H and O–H groups in total. The van der Waals surface area contributed by atoms with E-state index < -0.39 is 0 Å². The average molecular weight is 565 g/mol. The molecule has 0 fully saturated rings. The molecule has 0 aromatic heterocycles. The van der Waals surface area contributed by atoms with Gasteiger partial charge in [-0.3, -0.25) is 0 Å². The highest BCUT2D eigenvalue weighted by molar-refractivity contribution is 9.10. The molecule has 2 heteroatoms. The molecule has 1 aromatic rings. The van der Waals surface area contributed by atoms with Crippen molar-refractivity contribution in [3.63, 3.8) is 0 Å². The van der Waals surface area contributed by atoms with Crippen LogP contribution in [0.2, 0.25) is 0 Å². The summed E-state index contributed by atoms with van der Waals surface area (Å²) in [5, 5.41) is 0. The summed E-state index contributed by atoms with van der Waals surface area (Å²) in [6, 6.07) is 8.83. The molecule has 0 saturated heterocycles. The largest absolute Gasteiger partial charge is 0.371 e. The van der Waals surface area contributed by atoms with E-state index in [1.54, 1.807) is 0 Å². The second kappa shape index (κ2) is 26.1. The van der Waals surface area contributed by atoms with Crippen molar-refractivity contribution in [2.75, 3.05) is 18.0 Å². The third-order valence-electron chi connectivity index (χ3n) is 7.76. The fraction of sp³-hybridized carbons (Fsp3) is 0.824. The van der Waals surface area contributed by atoms with Crippen LogP contribution in [-0.2, 0) is 0 Å². The van der Waals surface area contributed by atoms with E-state index in [9.17, 15) is 0 Å². The Balaban J connectivity index is 2.12. The lowest BCUT2D eigenvalue weighted by atomic mass is 10.0. The molecule has 0 spiro atoms. The molecule has 0 bridgehead atoms. The monoisotopic (exact) mass is 563 g/mol. The first-order chi connectivity index (χ1) is 17.8. The predicted octanol–water partition coefficient (Wildman–Crippen LogP) is 12.7. The van der Waals surface area contributed by atoms with Gasteiger partial charge in [0.1, 0.15) is 0 Å². The molecule has 0 aliphatic rings. The summed E-state index contributed by atoms with van der Waals surface area (Å²) in [6.07, 6.45) is 34.1. The molecule has 0 heterocycles. The van der Waals surface area contributed by atoms with Crippen molar-refractivity contribution in [1.82, 2.24) is 0 Å². The third-order valence-corrected chi connectivity index (χ3v) is 8.43. The molecule has 0 unspecified atom stereocenters. The van der Waals surface area contributed by atoms with Gasteiger partial charge in [0.2, 0.25) is 0 Å². The van der Waals surface area contributed by atoms with Crippen LogP contribution < -0.4 is 4.90 Å². The SMILES string of the molecule is CCCCCCCCCCCCCCN(CCCCCCCCCCCCCC)c1ccccc1Br. The highest BCUT2D eigenvalue weighted by Crippen LogP contribution is 2.27. The van der Waals surface area contributed by atoms with E-state index in [0.29, 0.717) is 0 Å². The van der Waals surface area contributed by atoms with Crippen molar-refractivity contribution in [2.24, 2.45) is 0 Å². The van der Waals surface area contributed by atoms with Gasteiger partial charge in [0.05, 0.1) is 5.69 Å². The summed E-state index contributed by atoms with van der Waals surface area (Å²) in [5.74, 6) is 0. The van der Waals surface area contributed by atoms with E-state index in [-0.39, 0.29) is 0 Å². The Bertz CT molecular complexity index is 544. The van der Waals surface area contributed by atoms with Gasteiger partial charge in [0.25, 0.3) is 0 Å². The molecule has 0 aliphatic carbocycles. The highest BCUT2D eigenvalue weighted by Gasteiger charge is 2.09. The molecule has 0 amide bonds. The van der Waals surface area contributed by atoms with Crippen LogP contribution in [0.15, 0.2) is 28.7 Å². The van der Waals surface area contributed by atoms with Crippen LogP contribution in [0.5, 0.6) is 0 Å². The van der Waals surface area contributed by atoms with Crippen LogP contribution in [-0.4, -0.2) is 13.1 Å². The van der Waals surface area contributed by atoms with Gasteiger partial charge < -0.3 is 4.90 Å². The van der Waals surface area contributed by atoms with Crippen LogP contribution >= 0.6 is 15.9 Å². The molecular formula is C34H62BrN. The minimum atomic E-state index is 1.21. The predicted molar refractivity (Wildman–Crippen MR) is 169 cm³/mol. The standard InChI is InChI=1S/C34H62BrN/c1-3-5-7-9-11-13-15-17-19-21-23-27-31-36(34-30-26-25-29-33(34)35)32-28-24-22-20-18-16-14-12-10-8-6-4-2/h25-26,29-30H,3-24,27-28,31-32H2,1-2H3. The number of hydrogen-bond donors (Lipinski definition) is 0. The average Bonchev–Trinajstić information content (AvgIpc) is 2.89. The Morgan fingerprint density at radius 2 is 0.750 bits per heavy atom. The summed E-state index contributed by atoms with van der Waals surface area (Å²) in [7, 11) is 0. The molecule has 0 radical (unpaired) electrons. The Morgan fingerprint density at radius 1 is 0.444 bits per heavy atom. The summed E-state index contributed by atoms with van der Waals surface area (Å²) < 4.78 is 1.25. The molecule has 0 atom stereocenters. The van der Waals surface area contributed by atoms with E-state index in [4.69, 9.17) is 0 Å². The van der Waals surface area contributed by atoms with Crippen LogP contribution in [0.25, 0.3) is 0 Å². The van der Waals surface area contributed by atoms with Gasteiger partial charge in [-0.1, -0.05) is 167 Å². The first-order valence-corrected chi connectivity index (χ1v) is 17.1. The summed E-state index contributed by atoms with van der Waals surface area (Å²) >= 11 is 3.81. The number of nitrogens with zero attached hydrogens (tertiary/aromatic N) is 1. The second-order valence-electron chi connectivity index (χ2n) is 11.2. The van der Waals surface area contributed by atoms with Gasteiger partial charge in [0.15, 0.2) is 0 Å². The number of para-hydroxylation sites is 1. The maximum atomic E-state index is 3.81. The Labute approximate surface area is 235 Å². The van der Waals surface area contributed by atoms with Crippen molar-refractivity contribution in [3.05, 3.63) is 28.7 Å². The molecule has 0 saturated carbocycles. The minimum Gasteiger partial charge on any atom is -0.371 e. The smallest absolute Gasteiger partial charge is 0.0510 e. The number of benzene rings is 1. The van der Waals surface area contributed by atoms with Crippen LogP contribution in [0.4, 0.5) is 5.69 Å². The topological polar surface area (TPSA) is 3.24 Å². The van der Waals surface area contributed by atoms with Crippen molar-refractivity contribution >= 4 is 21.6 Å². The fourth-order valence-electron chi connectivity index (χ4n) is 5.35. The first-order valence-electron chi connectivity index (χ1n) is 16.3. The first kappa shape index (κ1) is 33.5. The fourth-order valence-corrected chi connectivity index (χ4v) is 5.88. The number of rotatable bonds is 27. The van der Waals surface area contributed by atoms with E-state index in [1.807, 2.05) is 0 Å². The van der Waals surface area contributed by atoms with Gasteiger partial charge in [-0.2, -0.15) is 0 Å². The molecule has 1 aromatic carbocycles. The second-order valence-corrected chi connectivity index (χ2v) is 12.1. The quantitative estimate of drug-likeness (QED) is 0.0961. The van der Waals surface area contributed by atoms with Crippen molar-refractivity contribution < 1.29 is 0 Å². The summed E-state index contributed by atoms with van der Waals surface area (Å²) in [4.78, 5) is 2.65. The molecular weight excluding hydrogens is 502 g/mol. The van der Waals surface area contributed by atoms with Gasteiger partial charge in [-0.25, -0.2) is 0 Å². The molecule has 0 aliphatic heterocycles. The molecule has 210 valence electrons. The van der Waals surface area contributed by atoms with Crippen LogP contribution in [0.1, 0.15) is 168 Å². The van der Waals surface area contributed by atoms with Crippen molar-refractivity contribution in [2.45, 2.75) is 168 Å². The Morgan fingerprint density at radius 3 is 1.08 bits per heavy atom. The zero-order chi connectivity index (χ0) is 25.9. The summed E-state index contributed by atoms with van der Waals surface area (Å²) in [5.41, 5.74) is 1.39. The highest BCUT2D eigenvalue weighted by atomic mass is 79.9. The molecule has 1 nitrogen and oxygen atoms in total. The number of anilines is 1. The maximum Gasteiger partial charge on any atom is 0.0510 e. The molecule has 36 heavy (non-hydrogen) atoms. The summed E-state index contributed by atoms with van der Waals surface area (Å²) in [6.45, 7) is 7.02. The minimum absolute atomic E-state index is 1.21. The maximum absolute atomic E-state index is 3.81. The van der Waals surface area contributed by atoms with E-state index in [1.165, 1.54) is 177 Å². The van der Waals surface area contributed by atoms with E-state index >= 15 is 0 Å². The van der Waals surface area contributed by atoms with E-state index in [0.717, 1.165) is 0 Å². The Kier molecular flexibility index (Phi) is 24.3. The van der Waals surface area contributed by atoms with Gasteiger partial charge >= 0.3 is 0 Å². The Hall–Kier alpha value is -0.500. The van der Waals surface area contributed by atoms with Crippen LogP contribution in [0, 0.1) is 0 Å². The van der Waals surface area contributed by atoms with Crippen molar-refractivity contribution in [3.8, 4) is 0 Å². The number of hydrogen-bond acceptors (Lipinski definition) is 1. The van der Waals surface area contributed by atoms with Gasteiger partial charge in [0, 0.05) is 17.6 Å². The lowest BCUT2D eigenvalue weighted by Crippen LogP contribution is -2.26. The van der Waals surface area contributed by atoms with Crippen LogP contribution in [0.3, 0.4) is 0 Å². The normalized spacial score (nSPS) is 11.3. The van der Waals surface area contributed by atoms with Gasteiger partial charge in [-0.15, -0.1) is 0 Å².